The molecule has 1 N–H and O–H groups in total. The summed E-state index contributed by atoms with van der Waals surface area (Å²) in [4.78, 5) is 11.5. The van der Waals surface area contributed by atoms with Crippen molar-refractivity contribution in [2.75, 3.05) is 7.11 Å². The summed E-state index contributed by atoms with van der Waals surface area (Å²) in [6.07, 6.45) is 1.83. The topological polar surface area (TPSA) is 72.5 Å². The molecule has 0 aromatic heterocycles. The summed E-state index contributed by atoms with van der Waals surface area (Å²) in [5, 5.41) is 0. The number of benzene rings is 3. The van der Waals surface area contributed by atoms with E-state index < -0.39 is 16.1 Å². The number of hydrogen-bond acceptors (Lipinski definition) is 4. The van der Waals surface area contributed by atoms with Gasteiger partial charge in [-0.3, -0.25) is 4.79 Å². The quantitative estimate of drug-likeness (QED) is 0.522. The lowest BCUT2D eigenvalue weighted by molar-refractivity contribution is -0.140. The Hall–Kier alpha value is -2.96. The van der Waals surface area contributed by atoms with Gasteiger partial charge in [0.05, 0.1) is 18.0 Å². The Morgan fingerprint density at radius 3 is 2.03 bits per heavy atom. The van der Waals surface area contributed by atoms with E-state index in [1.54, 1.807) is 30.3 Å². The van der Waals surface area contributed by atoms with Gasteiger partial charge in [0.1, 0.15) is 0 Å². The Labute approximate surface area is 177 Å². The van der Waals surface area contributed by atoms with Gasteiger partial charge >= 0.3 is 5.97 Å². The smallest absolute Gasteiger partial charge is 0.305 e. The monoisotopic (exact) mass is 423 g/mol. The zero-order chi connectivity index (χ0) is 21.4. The molecule has 3 aromatic carbocycles. The van der Waals surface area contributed by atoms with Crippen molar-refractivity contribution >= 4 is 16.0 Å². The van der Waals surface area contributed by atoms with Crippen LogP contribution in [0.1, 0.15) is 35.6 Å². The number of esters is 1. The van der Waals surface area contributed by atoms with Gasteiger partial charge < -0.3 is 4.74 Å². The second kappa shape index (κ2) is 10.2. The average Bonchev–Trinajstić information content (AvgIpc) is 2.79. The van der Waals surface area contributed by atoms with Crippen molar-refractivity contribution in [3.05, 3.63) is 102 Å². The van der Waals surface area contributed by atoms with Crippen molar-refractivity contribution in [3.63, 3.8) is 0 Å². The maximum atomic E-state index is 12.9. The molecule has 1 atom stereocenters. The second-order valence-corrected chi connectivity index (χ2v) is 8.66. The Morgan fingerprint density at radius 2 is 1.43 bits per heavy atom. The Kier molecular flexibility index (Phi) is 7.38. The van der Waals surface area contributed by atoms with Crippen LogP contribution in [0.5, 0.6) is 0 Å². The summed E-state index contributed by atoms with van der Waals surface area (Å²) in [6, 6.07) is 25.1. The number of hydrogen-bond donors (Lipinski definition) is 1. The van der Waals surface area contributed by atoms with Gasteiger partial charge in [-0.1, -0.05) is 72.8 Å². The minimum absolute atomic E-state index is 0.217. The Morgan fingerprint density at radius 1 is 0.867 bits per heavy atom. The van der Waals surface area contributed by atoms with Crippen LogP contribution in [0.2, 0.25) is 0 Å². The van der Waals surface area contributed by atoms with E-state index in [-0.39, 0.29) is 10.9 Å². The summed E-state index contributed by atoms with van der Waals surface area (Å²) in [5.41, 5.74) is 2.79. The van der Waals surface area contributed by atoms with E-state index in [4.69, 9.17) is 0 Å². The number of methoxy groups -OCH3 is 1. The van der Waals surface area contributed by atoms with Crippen molar-refractivity contribution < 1.29 is 17.9 Å². The molecule has 0 aliphatic rings. The van der Waals surface area contributed by atoms with Crippen LogP contribution in [-0.2, 0) is 26.0 Å². The average molecular weight is 424 g/mol. The summed E-state index contributed by atoms with van der Waals surface area (Å²) in [7, 11) is -2.31. The van der Waals surface area contributed by atoms with Crippen LogP contribution < -0.4 is 4.72 Å². The van der Waals surface area contributed by atoms with Crippen LogP contribution in [0.25, 0.3) is 0 Å². The highest BCUT2D eigenvalue weighted by molar-refractivity contribution is 7.89. The van der Waals surface area contributed by atoms with Gasteiger partial charge in [-0.15, -0.1) is 0 Å². The maximum Gasteiger partial charge on any atom is 0.305 e. The van der Waals surface area contributed by atoms with Crippen LogP contribution in [0.4, 0.5) is 0 Å². The first-order valence-electron chi connectivity index (χ1n) is 9.77. The molecule has 0 heterocycles. The largest absolute Gasteiger partial charge is 0.469 e. The maximum absolute atomic E-state index is 12.9. The highest BCUT2D eigenvalue weighted by Gasteiger charge is 2.22. The number of aryl methyl sites for hydroxylation is 1. The first-order chi connectivity index (χ1) is 14.5. The van der Waals surface area contributed by atoms with E-state index in [0.717, 1.165) is 23.1 Å². The molecule has 0 aliphatic heterocycles. The summed E-state index contributed by atoms with van der Waals surface area (Å²) >= 11 is 0. The number of carbonyl (C=O) groups excluding carboxylic acids is 1. The van der Waals surface area contributed by atoms with Crippen molar-refractivity contribution in [2.24, 2.45) is 0 Å². The third-order valence-corrected chi connectivity index (χ3v) is 6.29. The van der Waals surface area contributed by atoms with Gasteiger partial charge in [0.15, 0.2) is 0 Å². The molecule has 1 unspecified atom stereocenters. The highest BCUT2D eigenvalue weighted by Crippen LogP contribution is 2.25. The van der Waals surface area contributed by atoms with E-state index in [2.05, 4.69) is 9.46 Å². The van der Waals surface area contributed by atoms with Crippen LogP contribution in [0.15, 0.2) is 89.8 Å². The molecule has 6 heteroatoms. The van der Waals surface area contributed by atoms with Crippen LogP contribution >= 0.6 is 0 Å². The van der Waals surface area contributed by atoms with E-state index in [9.17, 15) is 13.2 Å². The molecule has 156 valence electrons. The number of nitrogens with one attached hydrogen (secondary N) is 1. The Bertz CT molecular complexity index is 1050. The van der Waals surface area contributed by atoms with E-state index >= 15 is 0 Å². The molecular formula is C24H25NO4S. The SMILES string of the molecule is COC(=O)CCCc1ccc(C(NS(=O)(=O)c2ccccc2)c2ccccc2)cc1. The van der Waals surface area contributed by atoms with Crippen LogP contribution in [0, 0.1) is 0 Å². The molecule has 5 nitrogen and oxygen atoms in total. The first kappa shape index (κ1) is 21.7. The molecule has 0 bridgehead atoms. The third-order valence-electron chi connectivity index (χ3n) is 4.85. The molecule has 3 aromatic rings. The van der Waals surface area contributed by atoms with Gasteiger partial charge in [-0.25, -0.2) is 8.42 Å². The van der Waals surface area contributed by atoms with E-state index in [0.29, 0.717) is 12.8 Å². The molecule has 30 heavy (non-hydrogen) atoms. The van der Waals surface area contributed by atoms with Gasteiger partial charge in [0.25, 0.3) is 0 Å². The predicted molar refractivity (Wildman–Crippen MR) is 116 cm³/mol. The minimum Gasteiger partial charge on any atom is -0.469 e. The van der Waals surface area contributed by atoms with Crippen molar-refractivity contribution in [2.45, 2.75) is 30.2 Å². The van der Waals surface area contributed by atoms with Crippen LogP contribution in [-0.4, -0.2) is 21.5 Å². The van der Waals surface area contributed by atoms with Gasteiger partial charge in [-0.2, -0.15) is 4.72 Å². The molecule has 0 saturated carbocycles. The second-order valence-electron chi connectivity index (χ2n) is 6.95. The number of carbonyl (C=O) groups is 1. The molecule has 3 rings (SSSR count). The fourth-order valence-electron chi connectivity index (χ4n) is 3.21. The normalized spacial score (nSPS) is 12.3. The Balaban J connectivity index is 1.82. The summed E-state index contributed by atoms with van der Waals surface area (Å²) < 4.78 is 33.4. The molecule has 0 radical (unpaired) electrons. The van der Waals surface area contributed by atoms with Gasteiger partial charge in [0.2, 0.25) is 10.0 Å². The van der Waals surface area contributed by atoms with Crippen molar-refractivity contribution in [1.29, 1.82) is 0 Å². The van der Waals surface area contributed by atoms with Crippen LogP contribution in [0.3, 0.4) is 0 Å². The van der Waals surface area contributed by atoms with E-state index in [1.807, 2.05) is 54.6 Å². The van der Waals surface area contributed by atoms with Crippen molar-refractivity contribution in [1.82, 2.24) is 4.72 Å². The molecule has 0 fully saturated rings. The van der Waals surface area contributed by atoms with Gasteiger partial charge in [-0.05, 0) is 41.7 Å². The minimum atomic E-state index is -3.69. The third kappa shape index (κ3) is 5.78. The predicted octanol–water partition coefficient (Wildman–Crippen LogP) is 4.25. The molecule has 0 spiro atoms. The fourth-order valence-corrected chi connectivity index (χ4v) is 4.45. The summed E-state index contributed by atoms with van der Waals surface area (Å²) in [6.45, 7) is 0. The molecular weight excluding hydrogens is 398 g/mol. The van der Waals surface area contributed by atoms with Gasteiger partial charge in [0, 0.05) is 6.42 Å². The first-order valence-corrected chi connectivity index (χ1v) is 11.3. The molecule has 0 amide bonds. The highest BCUT2D eigenvalue weighted by atomic mass is 32.2. The lowest BCUT2D eigenvalue weighted by atomic mass is 9.97. The number of ether oxygens (including phenoxy) is 1. The standard InChI is InChI=1S/C24H25NO4S/c1-29-23(26)14-8-9-19-15-17-21(18-16-19)24(20-10-4-2-5-11-20)25-30(27,28)22-12-6-3-7-13-22/h2-7,10-13,15-18,24-25H,8-9,14H2,1H3. The molecule has 0 saturated heterocycles. The zero-order valence-corrected chi connectivity index (χ0v) is 17.6. The summed E-state index contributed by atoms with van der Waals surface area (Å²) in [5.74, 6) is -0.217. The molecule has 0 aliphatic carbocycles. The lowest BCUT2D eigenvalue weighted by Gasteiger charge is -2.20. The number of rotatable bonds is 9. The van der Waals surface area contributed by atoms with Crippen molar-refractivity contribution in [3.8, 4) is 0 Å². The fraction of sp³-hybridized carbons (Fsp3) is 0.208. The number of sulfonamides is 1. The lowest BCUT2D eigenvalue weighted by Crippen LogP contribution is -2.29. The zero-order valence-electron chi connectivity index (χ0n) is 16.8. The van der Waals surface area contributed by atoms with E-state index in [1.165, 1.54) is 7.11 Å².